The molecule has 0 spiro atoms. The highest BCUT2D eigenvalue weighted by Crippen LogP contribution is 2.42. The van der Waals surface area contributed by atoms with E-state index in [0.29, 0.717) is 168 Å². The van der Waals surface area contributed by atoms with E-state index in [1.165, 1.54) is 0 Å². The van der Waals surface area contributed by atoms with Crippen LogP contribution < -0.4 is 16.6 Å². The summed E-state index contributed by atoms with van der Waals surface area (Å²) in [7, 11) is 0. The number of aryl methyl sites for hydroxylation is 2. The number of fused-ring (bicyclic) bond motifs is 5. The lowest BCUT2D eigenvalue weighted by molar-refractivity contribution is -0.175. The van der Waals surface area contributed by atoms with Gasteiger partial charge in [-0.15, -0.1) is 5.10 Å². The molecule has 3 unspecified atom stereocenters. The highest BCUT2D eigenvalue weighted by Gasteiger charge is 2.51. The Hall–Kier alpha value is -6.33. The Morgan fingerprint density at radius 1 is 0.773 bits per heavy atom. The largest absolute Gasteiger partial charge is 0.509 e. The first-order valence-corrected chi connectivity index (χ1v) is 30.2. The van der Waals surface area contributed by atoms with Crippen molar-refractivity contribution in [1.29, 1.82) is 0 Å². The number of aromatic nitrogens is 5. The number of phenolic OH excluding ortho intramolecular Hbond substituents is 1. The summed E-state index contributed by atoms with van der Waals surface area (Å²) in [6, 6.07) is 5.82. The van der Waals surface area contributed by atoms with Gasteiger partial charge in [0.15, 0.2) is 11.6 Å². The Bertz CT molecular complexity index is 2880. The zero-order valence-electron chi connectivity index (χ0n) is 51.1. The van der Waals surface area contributed by atoms with Gasteiger partial charge in [0.2, 0.25) is 11.5 Å². The van der Waals surface area contributed by atoms with E-state index in [9.17, 15) is 33.9 Å². The van der Waals surface area contributed by atoms with Crippen molar-refractivity contribution in [2.45, 2.75) is 125 Å². The number of carbonyl (C=O) groups excluding carboxylic acids is 5. The first-order valence-electron chi connectivity index (χ1n) is 30.2. The van der Waals surface area contributed by atoms with Crippen LogP contribution in [0.25, 0.3) is 22.3 Å². The number of benzene rings is 1. The Labute approximate surface area is 514 Å². The predicted molar refractivity (Wildman–Crippen MR) is 322 cm³/mol. The highest BCUT2D eigenvalue weighted by atomic mass is 16.7. The molecule has 2 aliphatic rings. The predicted octanol–water partition coefficient (Wildman–Crippen LogP) is 5.09. The smallest absolute Gasteiger partial charge is 0.508 e. The fourth-order valence-electron chi connectivity index (χ4n) is 9.96. The van der Waals surface area contributed by atoms with Crippen molar-refractivity contribution in [2.24, 2.45) is 17.6 Å². The molecule has 2 aliphatic heterocycles. The second-order valence-corrected chi connectivity index (χ2v) is 21.4. The van der Waals surface area contributed by atoms with Crippen molar-refractivity contribution in [1.82, 2.24) is 29.9 Å². The van der Waals surface area contributed by atoms with Crippen molar-refractivity contribution < 1.29 is 85.9 Å². The number of ketones is 2. The number of carbonyl (C=O) groups is 5. The number of hydrogen-bond acceptors (Lipinski definition) is 23. The fourth-order valence-corrected chi connectivity index (χ4v) is 9.96. The summed E-state index contributed by atoms with van der Waals surface area (Å²) in [4.78, 5) is 86.0. The molecule has 5 heterocycles. The van der Waals surface area contributed by atoms with Gasteiger partial charge in [0.05, 0.1) is 146 Å². The summed E-state index contributed by atoms with van der Waals surface area (Å²) < 4.78 is 69.9. The van der Waals surface area contributed by atoms with Gasteiger partial charge in [-0.3, -0.25) is 19.2 Å². The SMILES string of the molecule is C.CCc1c2c(nc3ccc(O)cc13)-c1cc3c(c(=O)n1C2)COC(=O)C3(CC)OC(=O)OCC(NC(=O)C(CCCCN)CC(=O)COCC(=O)CCCOCCOCCOCCOCCOCCOCCOCCOCCn1cc(C)nn1)C(C)C. The summed E-state index contributed by atoms with van der Waals surface area (Å²) in [5.41, 5.74) is 7.83. The minimum Gasteiger partial charge on any atom is -0.508 e. The van der Waals surface area contributed by atoms with Crippen molar-refractivity contribution in [3.05, 3.63) is 68.8 Å². The van der Waals surface area contributed by atoms with Crippen LogP contribution in [-0.2, 0) is 108 Å². The van der Waals surface area contributed by atoms with Gasteiger partial charge < -0.3 is 77.6 Å². The Morgan fingerprint density at radius 3 is 1.94 bits per heavy atom. The molecule has 26 nitrogen and oxygen atoms in total. The van der Waals surface area contributed by atoms with Crippen LogP contribution in [0.4, 0.5) is 4.79 Å². The van der Waals surface area contributed by atoms with Crippen molar-refractivity contribution in [3.8, 4) is 17.1 Å². The molecule has 0 radical (unpaired) electrons. The molecule has 0 bridgehead atoms. The maximum absolute atomic E-state index is 14.2. The number of phenols is 1. The molecule has 0 saturated heterocycles. The number of aromatic hydroxyl groups is 1. The molecular weight excluding hydrogens is 1150 g/mol. The zero-order chi connectivity index (χ0) is 62.4. The second-order valence-electron chi connectivity index (χ2n) is 21.4. The van der Waals surface area contributed by atoms with Crippen molar-refractivity contribution in [3.63, 3.8) is 0 Å². The molecule has 3 aromatic heterocycles. The van der Waals surface area contributed by atoms with Gasteiger partial charge in [-0.2, -0.15) is 0 Å². The third kappa shape index (κ3) is 22.3. The van der Waals surface area contributed by atoms with Crippen LogP contribution in [0.5, 0.6) is 5.75 Å². The summed E-state index contributed by atoms with van der Waals surface area (Å²) in [5.74, 6) is -2.81. The van der Waals surface area contributed by atoms with E-state index in [1.54, 1.807) is 40.4 Å². The Morgan fingerprint density at radius 2 is 1.38 bits per heavy atom. The number of nitrogens with two attached hydrogens (primary N) is 1. The molecule has 88 heavy (non-hydrogen) atoms. The lowest BCUT2D eigenvalue weighted by Gasteiger charge is -2.35. The first-order chi connectivity index (χ1) is 42.2. The van der Waals surface area contributed by atoms with Crippen LogP contribution in [0.15, 0.2) is 35.3 Å². The number of ether oxygens (including phenoxy) is 12. The summed E-state index contributed by atoms with van der Waals surface area (Å²) in [6.07, 6.45) is 3.19. The molecule has 0 saturated carbocycles. The van der Waals surface area contributed by atoms with E-state index in [0.717, 1.165) is 22.2 Å². The molecule has 490 valence electrons. The maximum Gasteiger partial charge on any atom is 0.509 e. The van der Waals surface area contributed by atoms with E-state index in [1.807, 2.05) is 33.9 Å². The first kappa shape index (κ1) is 72.4. The zero-order valence-corrected chi connectivity index (χ0v) is 51.1. The molecule has 4 N–H and O–H groups in total. The van der Waals surface area contributed by atoms with E-state index in [2.05, 4.69) is 15.6 Å². The van der Waals surface area contributed by atoms with Crippen LogP contribution in [0.2, 0.25) is 0 Å². The van der Waals surface area contributed by atoms with Gasteiger partial charge >= 0.3 is 12.1 Å². The Kier molecular flexibility index (Phi) is 32.0. The number of amides is 1. The van der Waals surface area contributed by atoms with E-state index < -0.39 is 41.2 Å². The Balaban J connectivity index is 0.0000141. The number of nitrogens with zero attached hydrogens (tertiary/aromatic N) is 5. The summed E-state index contributed by atoms with van der Waals surface area (Å²) in [6.45, 7) is 16.1. The number of Topliss-reactive ketones (excluding diaryl/α,β-unsaturated/α-hetero) is 2. The maximum atomic E-state index is 14.2. The number of nitrogens with one attached hydrogen (secondary N) is 1. The van der Waals surface area contributed by atoms with Crippen LogP contribution in [0.1, 0.15) is 108 Å². The van der Waals surface area contributed by atoms with Gasteiger partial charge in [0.1, 0.15) is 32.2 Å². The van der Waals surface area contributed by atoms with Crippen LogP contribution in [-0.4, -0.2) is 197 Å². The van der Waals surface area contributed by atoms with Crippen molar-refractivity contribution >= 4 is 40.5 Å². The molecule has 26 heteroatoms. The van der Waals surface area contributed by atoms with E-state index >= 15 is 0 Å². The fraction of sp³-hybridized carbons (Fsp3) is 0.661. The van der Waals surface area contributed by atoms with Gasteiger partial charge in [0.25, 0.3) is 5.56 Å². The standard InChI is InChI=1S/C61H89N7O19.CH4/c1-6-48-49-34-45(69)13-14-53(49)63-56-50(48)37-68-55(56)35-52-51(58(68)73)40-85-59(74)61(52,7-2)87-60(75)86-41-54(42(3)4)64-57(72)44(11-8-9-15-62)33-47(71)39-84-38-46(70)12-10-17-76-19-21-78-23-25-80-27-29-82-31-32-83-30-28-81-26-24-79-22-20-77-18-16-67-36-43(5)65-66-67;/h13-14,34-36,42,44,54,69H,6-12,15-33,37-41,62H2,1-5H3,(H,64,72);1H4. The molecule has 1 amide bonds. The molecule has 1 aromatic carbocycles. The lowest BCUT2D eigenvalue weighted by atomic mass is 9.85. The van der Waals surface area contributed by atoms with Crippen LogP contribution in [0, 0.1) is 18.8 Å². The highest BCUT2D eigenvalue weighted by molar-refractivity contribution is 5.91. The molecular formula is C62H93N7O19. The van der Waals surface area contributed by atoms with Crippen LogP contribution >= 0.6 is 0 Å². The number of unbranched alkanes of at least 4 members (excludes halogenated alkanes) is 1. The van der Waals surface area contributed by atoms with Gasteiger partial charge in [-0.25, -0.2) is 19.3 Å². The molecule has 4 aromatic rings. The molecule has 6 rings (SSSR count). The average Bonchev–Trinajstić information content (AvgIpc) is 1.47. The normalized spacial score (nSPS) is 14.9. The average molecular weight is 1240 g/mol. The minimum atomic E-state index is -2.04. The van der Waals surface area contributed by atoms with Gasteiger partial charge in [-0.1, -0.05) is 46.8 Å². The van der Waals surface area contributed by atoms with Gasteiger partial charge in [-0.05, 0) is 81.3 Å². The molecule has 0 aliphatic carbocycles. The molecule has 0 fully saturated rings. The number of rotatable bonds is 46. The number of pyridine rings is 2. The summed E-state index contributed by atoms with van der Waals surface area (Å²) in [5, 5.41) is 21.9. The number of esters is 1. The van der Waals surface area contributed by atoms with Crippen molar-refractivity contribution in [2.75, 3.05) is 132 Å². The minimum absolute atomic E-state index is 0. The monoisotopic (exact) mass is 1240 g/mol. The third-order valence-corrected chi connectivity index (χ3v) is 14.7. The third-order valence-electron chi connectivity index (χ3n) is 14.7. The lowest BCUT2D eigenvalue weighted by Crippen LogP contribution is -2.48. The van der Waals surface area contributed by atoms with Crippen LogP contribution in [0.3, 0.4) is 0 Å². The topological polar surface area (TPSA) is 320 Å². The number of hydrogen-bond donors (Lipinski definition) is 3. The summed E-state index contributed by atoms with van der Waals surface area (Å²) >= 11 is 0. The van der Waals surface area contributed by atoms with E-state index in [4.69, 9.17) is 67.6 Å². The second kappa shape index (κ2) is 38.9. The van der Waals surface area contributed by atoms with Gasteiger partial charge in [0, 0.05) is 48.1 Å². The van der Waals surface area contributed by atoms with E-state index in [-0.39, 0.29) is 94.0 Å². The molecule has 3 atom stereocenters. The quantitative estimate of drug-likeness (QED) is 0.0337. The number of cyclic esters (lactones) is 1.